The average molecular weight is 399 g/mol. The molecule has 0 unspecified atom stereocenters. The fourth-order valence-corrected chi connectivity index (χ4v) is 4.03. The lowest BCUT2D eigenvalue weighted by molar-refractivity contribution is -0.147. The summed E-state index contributed by atoms with van der Waals surface area (Å²) in [7, 11) is 1.64. The van der Waals surface area contributed by atoms with E-state index >= 15 is 0 Å². The van der Waals surface area contributed by atoms with Crippen LogP contribution in [0.15, 0.2) is 90.5 Å². The zero-order valence-corrected chi connectivity index (χ0v) is 17.6. The molecule has 1 aliphatic heterocycles. The van der Waals surface area contributed by atoms with E-state index in [1.54, 1.807) is 7.11 Å². The Bertz CT molecular complexity index is 1010. The third-order valence-electron chi connectivity index (χ3n) is 5.64. The van der Waals surface area contributed by atoms with Gasteiger partial charge >= 0.3 is 5.97 Å². The van der Waals surface area contributed by atoms with Gasteiger partial charge in [-0.15, -0.1) is 0 Å². The Morgan fingerprint density at radius 2 is 1.37 bits per heavy atom. The highest BCUT2D eigenvalue weighted by Crippen LogP contribution is 2.46. The second-order valence-corrected chi connectivity index (χ2v) is 8.29. The van der Waals surface area contributed by atoms with Crippen molar-refractivity contribution >= 4 is 11.7 Å². The van der Waals surface area contributed by atoms with Gasteiger partial charge < -0.3 is 9.47 Å². The number of carbonyl (C=O) groups is 1. The van der Waals surface area contributed by atoms with Crippen molar-refractivity contribution in [1.29, 1.82) is 0 Å². The molecule has 0 radical (unpaired) electrons. The predicted molar refractivity (Wildman–Crippen MR) is 119 cm³/mol. The summed E-state index contributed by atoms with van der Waals surface area (Å²) in [5.74, 6) is 1.22. The fourth-order valence-electron chi connectivity index (χ4n) is 4.03. The Balaban J connectivity index is 1.94. The summed E-state index contributed by atoms with van der Waals surface area (Å²) in [4.78, 5) is 12.8. The number of benzene rings is 3. The molecule has 152 valence electrons. The number of esters is 1. The number of carbonyl (C=O) groups excluding carboxylic acids is 1. The lowest BCUT2D eigenvalue weighted by Gasteiger charge is -2.35. The van der Waals surface area contributed by atoms with Gasteiger partial charge in [0.25, 0.3) is 0 Å². The van der Waals surface area contributed by atoms with Gasteiger partial charge in [0, 0.05) is 11.5 Å². The van der Waals surface area contributed by atoms with Gasteiger partial charge in [0.15, 0.2) is 0 Å². The molecule has 30 heavy (non-hydrogen) atoms. The van der Waals surface area contributed by atoms with E-state index in [0.29, 0.717) is 12.2 Å². The van der Waals surface area contributed by atoms with Crippen LogP contribution in [0.3, 0.4) is 0 Å². The highest BCUT2D eigenvalue weighted by atomic mass is 16.5. The van der Waals surface area contributed by atoms with Gasteiger partial charge in [-0.05, 0) is 61.2 Å². The normalized spacial score (nSPS) is 15.8. The van der Waals surface area contributed by atoms with Crippen molar-refractivity contribution in [1.82, 2.24) is 0 Å². The van der Waals surface area contributed by atoms with Crippen molar-refractivity contribution in [2.24, 2.45) is 5.41 Å². The molecule has 3 heteroatoms. The molecule has 0 N–H and O–H groups in total. The van der Waals surface area contributed by atoms with Crippen molar-refractivity contribution in [3.63, 3.8) is 0 Å². The molecule has 0 saturated heterocycles. The molecular weight excluding hydrogens is 372 g/mol. The molecule has 3 aromatic carbocycles. The summed E-state index contributed by atoms with van der Waals surface area (Å²) >= 11 is 0. The van der Waals surface area contributed by atoms with E-state index in [0.717, 1.165) is 16.9 Å². The van der Waals surface area contributed by atoms with Crippen LogP contribution in [0.1, 0.15) is 42.9 Å². The van der Waals surface area contributed by atoms with Gasteiger partial charge in [-0.25, -0.2) is 0 Å². The van der Waals surface area contributed by atoms with Crippen molar-refractivity contribution in [3.05, 3.63) is 107 Å². The minimum Gasteiger partial charge on any atom is -0.497 e. The van der Waals surface area contributed by atoms with Gasteiger partial charge in [0.05, 0.1) is 12.5 Å². The first-order chi connectivity index (χ1) is 14.5. The third kappa shape index (κ3) is 3.88. The molecule has 4 rings (SSSR count). The predicted octanol–water partition coefficient (Wildman–Crippen LogP) is 6.21. The van der Waals surface area contributed by atoms with Crippen LogP contribution >= 0.6 is 0 Å². The lowest BCUT2D eigenvalue weighted by Crippen LogP contribution is -2.33. The number of methoxy groups -OCH3 is 1. The maximum atomic E-state index is 12.8. The van der Waals surface area contributed by atoms with E-state index in [1.165, 1.54) is 11.1 Å². The molecule has 1 heterocycles. The first-order valence-corrected chi connectivity index (χ1v) is 10.2. The van der Waals surface area contributed by atoms with Crippen LogP contribution in [0.5, 0.6) is 5.75 Å². The Morgan fingerprint density at radius 1 is 0.833 bits per heavy atom. The molecule has 3 aromatic rings. The van der Waals surface area contributed by atoms with Gasteiger partial charge in [-0.3, -0.25) is 4.79 Å². The summed E-state index contributed by atoms with van der Waals surface area (Å²) in [5, 5.41) is 0. The summed E-state index contributed by atoms with van der Waals surface area (Å²) in [6.07, 6.45) is 0.627. The second-order valence-electron chi connectivity index (χ2n) is 8.29. The van der Waals surface area contributed by atoms with Crippen LogP contribution in [0, 0.1) is 5.41 Å². The third-order valence-corrected chi connectivity index (χ3v) is 5.64. The summed E-state index contributed by atoms with van der Waals surface area (Å²) in [6, 6.07) is 28.5. The van der Waals surface area contributed by atoms with Crippen molar-refractivity contribution < 1.29 is 14.3 Å². The number of hydrogen-bond acceptors (Lipinski definition) is 3. The SMILES string of the molecule is COc1ccc(C2=C(C(c3ccccc3)c3ccccc3)CC(C)(C)C(=O)O2)cc1. The van der Waals surface area contributed by atoms with Crippen LogP contribution in [0.2, 0.25) is 0 Å². The molecule has 0 amide bonds. The number of rotatable bonds is 5. The van der Waals surface area contributed by atoms with Gasteiger partial charge in [0.2, 0.25) is 0 Å². The standard InChI is InChI=1S/C27H26O3/c1-27(2)18-23(25(30-26(27)28)21-14-16-22(29-3)17-15-21)24(19-10-6-4-7-11-19)20-12-8-5-9-13-20/h4-17,24H,18H2,1-3H3. The average Bonchev–Trinajstić information content (AvgIpc) is 2.78. The quantitative estimate of drug-likeness (QED) is 0.479. The molecule has 0 saturated carbocycles. The van der Waals surface area contributed by atoms with E-state index in [9.17, 15) is 4.79 Å². The molecule has 1 aliphatic rings. The second kappa shape index (κ2) is 8.19. The number of cyclic esters (lactones) is 1. The van der Waals surface area contributed by atoms with Crippen LogP contribution in [0.4, 0.5) is 0 Å². The van der Waals surface area contributed by atoms with E-state index in [-0.39, 0.29) is 11.9 Å². The first-order valence-electron chi connectivity index (χ1n) is 10.2. The molecule has 3 nitrogen and oxygen atoms in total. The van der Waals surface area contributed by atoms with Crippen molar-refractivity contribution in [2.45, 2.75) is 26.2 Å². The molecule has 0 atom stereocenters. The smallest absolute Gasteiger partial charge is 0.317 e. The Morgan fingerprint density at radius 3 is 1.87 bits per heavy atom. The molecule has 0 bridgehead atoms. The highest BCUT2D eigenvalue weighted by Gasteiger charge is 2.40. The Kier molecular flexibility index (Phi) is 5.45. The van der Waals surface area contributed by atoms with E-state index < -0.39 is 5.41 Å². The number of ether oxygens (including phenoxy) is 2. The zero-order chi connectivity index (χ0) is 21.1. The summed E-state index contributed by atoms with van der Waals surface area (Å²) in [6.45, 7) is 3.90. The monoisotopic (exact) mass is 398 g/mol. The van der Waals surface area contributed by atoms with Crippen LogP contribution in [-0.4, -0.2) is 13.1 Å². The van der Waals surface area contributed by atoms with E-state index in [4.69, 9.17) is 9.47 Å². The Labute approximate surface area is 178 Å². The molecule has 0 fully saturated rings. The van der Waals surface area contributed by atoms with Crippen molar-refractivity contribution in [3.8, 4) is 5.75 Å². The minimum absolute atomic E-state index is 0.00289. The maximum absolute atomic E-state index is 12.8. The van der Waals surface area contributed by atoms with E-state index in [2.05, 4.69) is 48.5 Å². The minimum atomic E-state index is -0.590. The van der Waals surface area contributed by atoms with Crippen LogP contribution in [-0.2, 0) is 9.53 Å². The van der Waals surface area contributed by atoms with Gasteiger partial charge in [0.1, 0.15) is 11.5 Å². The Hall–Kier alpha value is -3.33. The first kappa shape index (κ1) is 20.0. The highest BCUT2D eigenvalue weighted by molar-refractivity contribution is 5.87. The zero-order valence-electron chi connectivity index (χ0n) is 17.6. The molecule has 0 spiro atoms. The van der Waals surface area contributed by atoms with Crippen molar-refractivity contribution in [2.75, 3.05) is 7.11 Å². The topological polar surface area (TPSA) is 35.5 Å². The summed E-state index contributed by atoms with van der Waals surface area (Å²) < 4.78 is 11.3. The number of hydrogen-bond donors (Lipinski definition) is 0. The largest absolute Gasteiger partial charge is 0.497 e. The van der Waals surface area contributed by atoms with E-state index in [1.807, 2.05) is 50.2 Å². The fraction of sp³-hybridized carbons (Fsp3) is 0.222. The van der Waals surface area contributed by atoms with Gasteiger partial charge in [-0.1, -0.05) is 60.7 Å². The van der Waals surface area contributed by atoms with Crippen LogP contribution < -0.4 is 4.74 Å². The summed E-state index contributed by atoms with van der Waals surface area (Å²) in [5.41, 5.74) is 3.76. The number of allylic oxidation sites excluding steroid dienone is 1. The maximum Gasteiger partial charge on any atom is 0.317 e. The van der Waals surface area contributed by atoms with Gasteiger partial charge in [-0.2, -0.15) is 0 Å². The van der Waals surface area contributed by atoms with Crippen LogP contribution in [0.25, 0.3) is 5.76 Å². The molecule has 0 aliphatic carbocycles. The molecule has 0 aromatic heterocycles. The lowest BCUT2D eigenvalue weighted by atomic mass is 9.74. The molecular formula is C27H26O3.